The van der Waals surface area contributed by atoms with Crippen LogP contribution in [0.2, 0.25) is 0 Å². The minimum Gasteiger partial charge on any atom is -0.356 e. The van der Waals surface area contributed by atoms with Crippen LogP contribution in [0.4, 0.5) is 0 Å². The highest BCUT2D eigenvalue weighted by Crippen LogP contribution is 1.81. The van der Waals surface area contributed by atoms with Crippen molar-refractivity contribution in [2.24, 2.45) is 0 Å². The number of carbonyl (C=O) groups is 1. The maximum atomic E-state index is 10.4. The van der Waals surface area contributed by atoms with Gasteiger partial charge in [-0.25, -0.2) is 0 Å². The first-order chi connectivity index (χ1) is 3.81. The van der Waals surface area contributed by atoms with E-state index in [-0.39, 0.29) is 5.91 Å². The number of rotatable bonds is 3. The fourth-order valence-corrected chi connectivity index (χ4v) is 0.485. The Bertz CT molecular complexity index is 66.8. The third-order valence-corrected chi connectivity index (χ3v) is 0.833. The van der Waals surface area contributed by atoms with E-state index in [1.807, 2.05) is 0 Å². The van der Waals surface area contributed by atoms with Crippen LogP contribution in [-0.2, 0) is 4.79 Å². The van der Waals surface area contributed by atoms with Gasteiger partial charge < -0.3 is 5.32 Å². The van der Waals surface area contributed by atoms with E-state index >= 15 is 0 Å². The lowest BCUT2D eigenvalue weighted by Crippen LogP contribution is -2.22. The molecule has 1 amide bonds. The molecule has 0 aromatic carbocycles. The Hall–Kier alpha value is -0.240. The molecule has 1 radical (unpaired) electrons. The molecule has 47 valence electrons. The highest BCUT2D eigenvalue weighted by molar-refractivity contribution is 6.18. The lowest BCUT2D eigenvalue weighted by Gasteiger charge is -1.95. The molecule has 3 heteroatoms. The van der Waals surface area contributed by atoms with Crippen LogP contribution in [0.3, 0.4) is 0 Å². The molecule has 2 nitrogen and oxygen atoms in total. The van der Waals surface area contributed by atoms with Gasteiger partial charge in [0.1, 0.15) is 0 Å². The van der Waals surface area contributed by atoms with Gasteiger partial charge in [0, 0.05) is 18.8 Å². The molecule has 0 aliphatic rings. The molecule has 0 aromatic rings. The summed E-state index contributed by atoms with van der Waals surface area (Å²) in [6.07, 6.45) is 0.386. The number of nitrogens with one attached hydrogen (secondary N) is 1. The monoisotopic (exact) mass is 134 g/mol. The Morgan fingerprint density at radius 2 is 2.38 bits per heavy atom. The zero-order valence-electron chi connectivity index (χ0n) is 4.61. The summed E-state index contributed by atoms with van der Waals surface area (Å²) in [5, 5.41) is 2.51. The highest BCUT2D eigenvalue weighted by Gasteiger charge is 1.93. The minimum atomic E-state index is -0.0324. The molecule has 0 unspecified atom stereocenters. The van der Waals surface area contributed by atoms with Crippen LogP contribution >= 0.6 is 11.6 Å². The van der Waals surface area contributed by atoms with Crippen molar-refractivity contribution in [1.29, 1.82) is 0 Å². The van der Waals surface area contributed by atoms with Crippen LogP contribution in [0, 0.1) is 6.92 Å². The van der Waals surface area contributed by atoms with Crippen LogP contribution in [0.1, 0.15) is 6.42 Å². The summed E-state index contributed by atoms with van der Waals surface area (Å²) in [7, 11) is 0. The second-order valence-electron chi connectivity index (χ2n) is 1.29. The maximum absolute atomic E-state index is 10.4. The summed E-state index contributed by atoms with van der Waals surface area (Å²) in [6.45, 7) is 3.87. The van der Waals surface area contributed by atoms with Gasteiger partial charge in [0.05, 0.1) is 0 Å². The topological polar surface area (TPSA) is 29.1 Å². The molecule has 0 saturated heterocycles. The van der Waals surface area contributed by atoms with Crippen molar-refractivity contribution in [1.82, 2.24) is 5.32 Å². The van der Waals surface area contributed by atoms with Crippen LogP contribution in [0.5, 0.6) is 0 Å². The lowest BCUT2D eigenvalue weighted by molar-refractivity contribution is -0.120. The summed E-state index contributed by atoms with van der Waals surface area (Å²) in [5.74, 6) is 0.348. The van der Waals surface area contributed by atoms with E-state index in [1.54, 1.807) is 0 Å². The Kier molecular flexibility index (Phi) is 4.76. The van der Waals surface area contributed by atoms with E-state index in [0.717, 1.165) is 0 Å². The van der Waals surface area contributed by atoms with E-state index < -0.39 is 0 Å². The summed E-state index contributed by atoms with van der Waals surface area (Å²) >= 11 is 5.25. The van der Waals surface area contributed by atoms with Crippen molar-refractivity contribution in [3.8, 4) is 0 Å². The first kappa shape index (κ1) is 7.76. The summed E-state index contributed by atoms with van der Waals surface area (Å²) in [4.78, 5) is 10.4. The SMILES string of the molecule is [CH2]CNC(=O)CCCl. The molecule has 0 fully saturated rings. The first-order valence-corrected chi connectivity index (χ1v) is 2.96. The number of carbonyl (C=O) groups excluding carboxylic acids is 1. The molecule has 0 rings (SSSR count). The van der Waals surface area contributed by atoms with E-state index in [4.69, 9.17) is 11.6 Å². The van der Waals surface area contributed by atoms with Crippen molar-refractivity contribution in [3.63, 3.8) is 0 Å². The van der Waals surface area contributed by atoms with Gasteiger partial charge in [0.25, 0.3) is 0 Å². The fraction of sp³-hybridized carbons (Fsp3) is 0.600. The molecule has 0 heterocycles. The molecule has 0 saturated carbocycles. The summed E-state index contributed by atoms with van der Waals surface area (Å²) in [5.41, 5.74) is 0. The van der Waals surface area contributed by atoms with Crippen molar-refractivity contribution in [2.75, 3.05) is 12.4 Å². The zero-order chi connectivity index (χ0) is 6.41. The lowest BCUT2D eigenvalue weighted by atomic mass is 10.4. The van der Waals surface area contributed by atoms with Crippen LogP contribution in [0.15, 0.2) is 0 Å². The van der Waals surface area contributed by atoms with Crippen molar-refractivity contribution in [2.45, 2.75) is 6.42 Å². The fourth-order valence-electron chi connectivity index (χ4n) is 0.314. The van der Waals surface area contributed by atoms with Gasteiger partial charge in [0.15, 0.2) is 0 Å². The van der Waals surface area contributed by atoms with E-state index in [1.165, 1.54) is 0 Å². The van der Waals surface area contributed by atoms with Gasteiger partial charge in [-0.05, 0) is 6.92 Å². The predicted molar refractivity (Wildman–Crippen MR) is 33.7 cm³/mol. The maximum Gasteiger partial charge on any atom is 0.221 e. The molecule has 1 N–H and O–H groups in total. The van der Waals surface area contributed by atoms with Gasteiger partial charge in [-0.1, -0.05) is 0 Å². The van der Waals surface area contributed by atoms with Crippen molar-refractivity contribution >= 4 is 17.5 Å². The summed E-state index contributed by atoms with van der Waals surface area (Å²) < 4.78 is 0. The number of amides is 1. The molecule has 0 aliphatic heterocycles. The quantitative estimate of drug-likeness (QED) is 0.562. The largest absolute Gasteiger partial charge is 0.356 e. The van der Waals surface area contributed by atoms with Gasteiger partial charge in [-0.2, -0.15) is 0 Å². The number of alkyl halides is 1. The molecule has 0 spiro atoms. The molecular formula is C5H9ClNO. The van der Waals surface area contributed by atoms with Crippen LogP contribution in [-0.4, -0.2) is 18.3 Å². The minimum absolute atomic E-state index is 0.0324. The standard InChI is InChI=1S/C5H9ClNO/c1-2-7-5(8)3-4-6/h1-4H2,(H,7,8). The average Bonchev–Trinajstić information content (AvgIpc) is 1.68. The molecule has 8 heavy (non-hydrogen) atoms. The summed E-state index contributed by atoms with van der Waals surface area (Å²) in [6, 6.07) is 0. The van der Waals surface area contributed by atoms with E-state index in [2.05, 4.69) is 12.2 Å². The van der Waals surface area contributed by atoms with Crippen molar-refractivity contribution in [3.05, 3.63) is 6.92 Å². The third-order valence-electron chi connectivity index (χ3n) is 0.644. The Balaban J connectivity index is 3.06. The Morgan fingerprint density at radius 1 is 1.75 bits per heavy atom. The Labute approximate surface area is 54.2 Å². The molecule has 0 bridgehead atoms. The zero-order valence-corrected chi connectivity index (χ0v) is 5.37. The second-order valence-corrected chi connectivity index (χ2v) is 1.67. The van der Waals surface area contributed by atoms with Gasteiger partial charge >= 0.3 is 0 Å². The highest BCUT2D eigenvalue weighted by atomic mass is 35.5. The van der Waals surface area contributed by atoms with E-state index in [0.29, 0.717) is 18.8 Å². The Morgan fingerprint density at radius 3 is 2.75 bits per heavy atom. The number of hydrogen-bond donors (Lipinski definition) is 1. The second kappa shape index (κ2) is 4.91. The first-order valence-electron chi connectivity index (χ1n) is 2.43. The molecule has 0 aliphatic carbocycles. The average molecular weight is 135 g/mol. The molecule has 0 atom stereocenters. The van der Waals surface area contributed by atoms with Gasteiger partial charge in [0.2, 0.25) is 5.91 Å². The molecular weight excluding hydrogens is 126 g/mol. The van der Waals surface area contributed by atoms with Crippen LogP contribution < -0.4 is 5.32 Å². The van der Waals surface area contributed by atoms with E-state index in [9.17, 15) is 4.79 Å². The van der Waals surface area contributed by atoms with Gasteiger partial charge in [-0.3, -0.25) is 4.79 Å². The molecule has 0 aromatic heterocycles. The third kappa shape index (κ3) is 3.93. The number of halogens is 1. The van der Waals surface area contributed by atoms with Crippen LogP contribution in [0.25, 0.3) is 0 Å². The predicted octanol–water partition coefficient (Wildman–Crippen LogP) is 0.566. The normalized spacial score (nSPS) is 8.75. The van der Waals surface area contributed by atoms with Gasteiger partial charge in [-0.15, -0.1) is 11.6 Å². The van der Waals surface area contributed by atoms with Crippen molar-refractivity contribution < 1.29 is 4.79 Å². The smallest absolute Gasteiger partial charge is 0.221 e. The number of hydrogen-bond acceptors (Lipinski definition) is 1.